The quantitative estimate of drug-likeness (QED) is 0.602. The molecular weight excluding hydrogens is 234 g/mol. The van der Waals surface area contributed by atoms with Gasteiger partial charge in [-0.1, -0.05) is 6.92 Å². The predicted octanol–water partition coefficient (Wildman–Crippen LogP) is 1.36. The van der Waals surface area contributed by atoms with E-state index in [2.05, 4.69) is 5.32 Å². The van der Waals surface area contributed by atoms with Gasteiger partial charge in [0, 0.05) is 6.61 Å². The standard InChI is InChI=1S/C13H27NO4/c1-6-8-14-13(4,12(15)16-5)10-18-11(3)9-17-7-2/h11,14H,6-10H2,1-5H3. The Bertz CT molecular complexity index is 235. The van der Waals surface area contributed by atoms with E-state index in [-0.39, 0.29) is 18.7 Å². The van der Waals surface area contributed by atoms with E-state index >= 15 is 0 Å². The van der Waals surface area contributed by atoms with E-state index in [9.17, 15) is 4.79 Å². The number of methoxy groups -OCH3 is 1. The maximum Gasteiger partial charge on any atom is 0.328 e. The van der Waals surface area contributed by atoms with Gasteiger partial charge in [0.05, 0.1) is 26.4 Å². The van der Waals surface area contributed by atoms with Crippen LogP contribution in [0.3, 0.4) is 0 Å². The molecule has 2 unspecified atom stereocenters. The van der Waals surface area contributed by atoms with Gasteiger partial charge >= 0.3 is 5.97 Å². The third-order valence-corrected chi connectivity index (χ3v) is 2.61. The lowest BCUT2D eigenvalue weighted by Gasteiger charge is -2.29. The SMILES string of the molecule is CCCNC(C)(COC(C)COCC)C(=O)OC. The molecule has 0 bridgehead atoms. The van der Waals surface area contributed by atoms with Gasteiger partial charge in [-0.25, -0.2) is 4.79 Å². The summed E-state index contributed by atoms with van der Waals surface area (Å²) in [6.07, 6.45) is 0.901. The van der Waals surface area contributed by atoms with Crippen molar-refractivity contribution in [1.29, 1.82) is 0 Å². The van der Waals surface area contributed by atoms with Crippen molar-refractivity contribution >= 4 is 5.97 Å². The Labute approximate surface area is 110 Å². The maximum absolute atomic E-state index is 11.8. The summed E-state index contributed by atoms with van der Waals surface area (Å²) in [6, 6.07) is 0. The zero-order valence-corrected chi connectivity index (χ0v) is 12.2. The zero-order chi connectivity index (χ0) is 14.0. The van der Waals surface area contributed by atoms with Crippen LogP contribution < -0.4 is 5.32 Å². The molecule has 0 aromatic heterocycles. The molecule has 0 spiro atoms. The van der Waals surface area contributed by atoms with E-state index in [1.54, 1.807) is 6.92 Å². The van der Waals surface area contributed by atoms with Crippen molar-refractivity contribution in [1.82, 2.24) is 5.32 Å². The molecule has 5 nitrogen and oxygen atoms in total. The van der Waals surface area contributed by atoms with Crippen LogP contribution in [0.15, 0.2) is 0 Å². The summed E-state index contributed by atoms with van der Waals surface area (Å²) in [5.74, 6) is -0.306. The highest BCUT2D eigenvalue weighted by molar-refractivity contribution is 5.80. The average molecular weight is 261 g/mol. The van der Waals surface area contributed by atoms with Gasteiger partial charge in [0.2, 0.25) is 0 Å². The number of hydrogen-bond donors (Lipinski definition) is 1. The van der Waals surface area contributed by atoms with E-state index in [4.69, 9.17) is 14.2 Å². The molecule has 0 aliphatic carbocycles. The fourth-order valence-electron chi connectivity index (χ4n) is 1.45. The second-order valence-electron chi connectivity index (χ2n) is 4.53. The van der Waals surface area contributed by atoms with Crippen LogP contribution in [0.1, 0.15) is 34.1 Å². The molecule has 0 aliphatic rings. The topological polar surface area (TPSA) is 56.8 Å². The lowest BCUT2D eigenvalue weighted by atomic mass is 10.0. The third-order valence-electron chi connectivity index (χ3n) is 2.61. The van der Waals surface area contributed by atoms with E-state index in [1.165, 1.54) is 7.11 Å². The molecule has 0 rings (SSSR count). The molecule has 1 N–H and O–H groups in total. The second kappa shape index (κ2) is 9.30. The molecule has 0 aromatic carbocycles. The average Bonchev–Trinajstić information content (AvgIpc) is 2.39. The molecule has 0 amide bonds. The highest BCUT2D eigenvalue weighted by Crippen LogP contribution is 2.09. The van der Waals surface area contributed by atoms with Crippen molar-refractivity contribution in [2.75, 3.05) is 33.5 Å². The first kappa shape index (κ1) is 17.4. The number of carbonyl (C=O) groups is 1. The van der Waals surface area contributed by atoms with Crippen LogP contribution >= 0.6 is 0 Å². The van der Waals surface area contributed by atoms with E-state index < -0.39 is 5.54 Å². The molecule has 0 aromatic rings. The molecule has 0 radical (unpaired) electrons. The Morgan fingerprint density at radius 2 is 2.06 bits per heavy atom. The van der Waals surface area contributed by atoms with Gasteiger partial charge < -0.3 is 19.5 Å². The van der Waals surface area contributed by atoms with Gasteiger partial charge in [0.25, 0.3) is 0 Å². The molecule has 18 heavy (non-hydrogen) atoms. The van der Waals surface area contributed by atoms with E-state index in [0.717, 1.165) is 13.0 Å². The lowest BCUT2D eigenvalue weighted by molar-refractivity contribution is -0.152. The van der Waals surface area contributed by atoms with Crippen LogP contribution in [-0.2, 0) is 19.0 Å². The second-order valence-corrected chi connectivity index (χ2v) is 4.53. The molecule has 0 saturated carbocycles. The molecule has 108 valence electrons. The Kier molecular flexibility index (Phi) is 8.97. The van der Waals surface area contributed by atoms with Crippen molar-refractivity contribution in [2.45, 2.75) is 45.8 Å². The molecule has 2 atom stereocenters. The number of rotatable bonds is 10. The summed E-state index contributed by atoms with van der Waals surface area (Å²) in [6.45, 7) is 9.91. The minimum absolute atomic E-state index is 0.0441. The smallest absolute Gasteiger partial charge is 0.328 e. The summed E-state index contributed by atoms with van der Waals surface area (Å²) in [4.78, 5) is 11.8. The van der Waals surface area contributed by atoms with Gasteiger partial charge in [-0.2, -0.15) is 0 Å². The van der Waals surface area contributed by atoms with Gasteiger partial charge in [-0.15, -0.1) is 0 Å². The van der Waals surface area contributed by atoms with Crippen LogP contribution in [0.2, 0.25) is 0 Å². The summed E-state index contributed by atoms with van der Waals surface area (Å²) >= 11 is 0. The first-order valence-corrected chi connectivity index (χ1v) is 6.53. The highest BCUT2D eigenvalue weighted by atomic mass is 16.5. The number of esters is 1. The van der Waals surface area contributed by atoms with Crippen molar-refractivity contribution < 1.29 is 19.0 Å². The molecule has 0 saturated heterocycles. The molecule has 0 aliphatic heterocycles. The fraction of sp³-hybridized carbons (Fsp3) is 0.923. The Morgan fingerprint density at radius 1 is 1.39 bits per heavy atom. The number of carbonyl (C=O) groups excluding carboxylic acids is 1. The largest absolute Gasteiger partial charge is 0.468 e. The molecule has 5 heteroatoms. The van der Waals surface area contributed by atoms with Gasteiger partial charge in [-0.05, 0) is 33.7 Å². The normalized spacial score (nSPS) is 16.1. The summed E-state index contributed by atoms with van der Waals surface area (Å²) in [5.41, 5.74) is -0.800. The molecule has 0 heterocycles. The van der Waals surface area contributed by atoms with Crippen molar-refractivity contribution in [3.05, 3.63) is 0 Å². The number of ether oxygens (including phenoxy) is 3. The van der Waals surface area contributed by atoms with E-state index in [1.807, 2.05) is 20.8 Å². The summed E-state index contributed by atoms with van der Waals surface area (Å²) in [7, 11) is 1.39. The fourth-order valence-corrected chi connectivity index (χ4v) is 1.45. The predicted molar refractivity (Wildman–Crippen MR) is 70.6 cm³/mol. The number of nitrogens with one attached hydrogen (secondary N) is 1. The maximum atomic E-state index is 11.8. The van der Waals surface area contributed by atoms with E-state index in [0.29, 0.717) is 13.2 Å². The van der Waals surface area contributed by atoms with Crippen molar-refractivity contribution in [3.63, 3.8) is 0 Å². The van der Waals surface area contributed by atoms with Crippen LogP contribution in [0.4, 0.5) is 0 Å². The van der Waals surface area contributed by atoms with Gasteiger partial charge in [-0.3, -0.25) is 0 Å². The van der Waals surface area contributed by atoms with Crippen LogP contribution in [0.25, 0.3) is 0 Å². The molecular formula is C13H27NO4. The summed E-state index contributed by atoms with van der Waals surface area (Å²) in [5, 5.41) is 3.17. The Morgan fingerprint density at radius 3 is 2.56 bits per heavy atom. The Hall–Kier alpha value is -0.650. The Balaban J connectivity index is 4.27. The van der Waals surface area contributed by atoms with Crippen LogP contribution in [-0.4, -0.2) is 51.1 Å². The minimum Gasteiger partial charge on any atom is -0.468 e. The first-order chi connectivity index (χ1) is 8.50. The van der Waals surface area contributed by atoms with Crippen molar-refractivity contribution in [3.8, 4) is 0 Å². The summed E-state index contributed by atoms with van der Waals surface area (Å²) < 4.78 is 15.7. The van der Waals surface area contributed by atoms with Gasteiger partial charge in [0.1, 0.15) is 5.54 Å². The molecule has 0 fully saturated rings. The van der Waals surface area contributed by atoms with Gasteiger partial charge in [0.15, 0.2) is 0 Å². The minimum atomic E-state index is -0.800. The van der Waals surface area contributed by atoms with Crippen molar-refractivity contribution in [2.24, 2.45) is 0 Å². The monoisotopic (exact) mass is 261 g/mol. The first-order valence-electron chi connectivity index (χ1n) is 6.53. The zero-order valence-electron chi connectivity index (χ0n) is 12.2. The third kappa shape index (κ3) is 6.33. The van der Waals surface area contributed by atoms with Crippen LogP contribution in [0.5, 0.6) is 0 Å². The number of hydrogen-bond acceptors (Lipinski definition) is 5. The lowest BCUT2D eigenvalue weighted by Crippen LogP contribution is -2.54. The van der Waals surface area contributed by atoms with Crippen LogP contribution in [0, 0.1) is 0 Å². The highest BCUT2D eigenvalue weighted by Gasteiger charge is 2.34.